The SMILES string of the molecule is NCCCN1CCCN(CCOC(F)(F)F)CC1. The molecule has 1 aliphatic rings. The van der Waals surface area contributed by atoms with Crippen molar-refractivity contribution in [3.63, 3.8) is 0 Å². The minimum absolute atomic E-state index is 0.285. The molecule has 0 aromatic carbocycles. The smallest absolute Gasteiger partial charge is 0.330 e. The second-order valence-corrected chi connectivity index (χ2v) is 4.47. The Morgan fingerprint density at radius 3 is 2.17 bits per heavy atom. The van der Waals surface area contributed by atoms with Gasteiger partial charge >= 0.3 is 6.36 Å². The van der Waals surface area contributed by atoms with E-state index in [-0.39, 0.29) is 6.61 Å². The molecule has 0 radical (unpaired) electrons. The lowest BCUT2D eigenvalue weighted by Gasteiger charge is -2.21. The maximum absolute atomic E-state index is 11.8. The second kappa shape index (κ2) is 7.93. The average Bonchev–Trinajstić information content (AvgIpc) is 2.50. The molecule has 0 amide bonds. The number of nitrogens with zero attached hydrogens (tertiary/aromatic N) is 2. The molecule has 0 unspecified atom stereocenters. The first-order valence-electron chi connectivity index (χ1n) is 6.37. The molecule has 1 saturated heterocycles. The summed E-state index contributed by atoms with van der Waals surface area (Å²) in [6.07, 6.45) is -2.56. The number of ether oxygens (including phenoxy) is 1. The zero-order valence-electron chi connectivity index (χ0n) is 10.6. The minimum Gasteiger partial charge on any atom is -0.330 e. The van der Waals surface area contributed by atoms with Gasteiger partial charge in [-0.2, -0.15) is 0 Å². The van der Waals surface area contributed by atoms with E-state index in [2.05, 4.69) is 9.64 Å². The van der Waals surface area contributed by atoms with Crippen LogP contribution in [0.5, 0.6) is 0 Å². The van der Waals surface area contributed by atoms with Crippen LogP contribution >= 0.6 is 0 Å². The van der Waals surface area contributed by atoms with Crippen LogP contribution in [0.15, 0.2) is 0 Å². The summed E-state index contributed by atoms with van der Waals surface area (Å²) in [7, 11) is 0. The van der Waals surface area contributed by atoms with Crippen LogP contribution in [0.3, 0.4) is 0 Å². The standard InChI is InChI=1S/C11H22F3N3O/c12-11(13,14)18-10-9-17-6-2-5-16(7-8-17)4-1-3-15/h1-10,15H2. The Balaban J connectivity index is 2.17. The third kappa shape index (κ3) is 7.15. The van der Waals surface area contributed by atoms with E-state index in [0.29, 0.717) is 13.1 Å². The highest BCUT2D eigenvalue weighted by Gasteiger charge is 2.29. The summed E-state index contributed by atoms with van der Waals surface area (Å²) in [5, 5.41) is 0. The van der Waals surface area contributed by atoms with Gasteiger partial charge in [-0.3, -0.25) is 9.64 Å². The van der Waals surface area contributed by atoms with Gasteiger partial charge in [0.25, 0.3) is 0 Å². The molecule has 108 valence electrons. The van der Waals surface area contributed by atoms with Crippen molar-refractivity contribution >= 4 is 0 Å². The van der Waals surface area contributed by atoms with Gasteiger partial charge in [0.1, 0.15) is 0 Å². The number of alkyl halides is 3. The Labute approximate surface area is 106 Å². The Morgan fingerprint density at radius 2 is 1.61 bits per heavy atom. The fraction of sp³-hybridized carbons (Fsp3) is 1.00. The molecule has 1 aliphatic heterocycles. The summed E-state index contributed by atoms with van der Waals surface area (Å²) in [5.41, 5.74) is 5.46. The van der Waals surface area contributed by atoms with Crippen molar-refractivity contribution in [3.8, 4) is 0 Å². The van der Waals surface area contributed by atoms with Crippen LogP contribution < -0.4 is 5.73 Å². The monoisotopic (exact) mass is 269 g/mol. The van der Waals surface area contributed by atoms with Crippen molar-refractivity contribution < 1.29 is 17.9 Å². The first-order chi connectivity index (χ1) is 8.51. The molecule has 0 aromatic rings. The van der Waals surface area contributed by atoms with Crippen molar-refractivity contribution in [1.82, 2.24) is 9.80 Å². The van der Waals surface area contributed by atoms with Crippen molar-refractivity contribution in [1.29, 1.82) is 0 Å². The molecular weight excluding hydrogens is 247 g/mol. The highest BCUT2D eigenvalue weighted by Crippen LogP contribution is 2.15. The summed E-state index contributed by atoms with van der Waals surface area (Å²) >= 11 is 0. The quantitative estimate of drug-likeness (QED) is 0.777. The molecule has 18 heavy (non-hydrogen) atoms. The van der Waals surface area contributed by atoms with Crippen molar-refractivity contribution in [2.75, 3.05) is 52.4 Å². The van der Waals surface area contributed by atoms with Crippen molar-refractivity contribution in [2.45, 2.75) is 19.2 Å². The molecule has 0 aliphatic carbocycles. The summed E-state index contributed by atoms with van der Waals surface area (Å²) < 4.78 is 39.3. The van der Waals surface area contributed by atoms with Crippen LogP contribution in [0.1, 0.15) is 12.8 Å². The third-order valence-corrected chi connectivity index (χ3v) is 3.03. The van der Waals surface area contributed by atoms with Crippen LogP contribution in [0.2, 0.25) is 0 Å². The van der Waals surface area contributed by atoms with Gasteiger partial charge in [0.15, 0.2) is 0 Å². The highest BCUT2D eigenvalue weighted by molar-refractivity contribution is 4.69. The van der Waals surface area contributed by atoms with E-state index in [1.54, 1.807) is 0 Å². The summed E-state index contributed by atoms with van der Waals surface area (Å²) in [6, 6.07) is 0. The molecule has 0 aromatic heterocycles. The van der Waals surface area contributed by atoms with Gasteiger partial charge in [0.05, 0.1) is 6.61 Å². The lowest BCUT2D eigenvalue weighted by atomic mass is 10.3. The molecule has 0 spiro atoms. The van der Waals surface area contributed by atoms with Crippen molar-refractivity contribution in [2.24, 2.45) is 5.73 Å². The predicted octanol–water partition coefficient (Wildman–Crippen LogP) is 0.879. The first-order valence-corrected chi connectivity index (χ1v) is 6.37. The van der Waals surface area contributed by atoms with E-state index >= 15 is 0 Å². The molecule has 7 heteroatoms. The van der Waals surface area contributed by atoms with Crippen LogP contribution in [-0.4, -0.2) is 68.6 Å². The summed E-state index contributed by atoms with van der Waals surface area (Å²) in [6.45, 7) is 5.23. The predicted molar refractivity (Wildman–Crippen MR) is 63.2 cm³/mol. The van der Waals surface area contributed by atoms with E-state index in [1.807, 2.05) is 4.90 Å². The van der Waals surface area contributed by atoms with Gasteiger partial charge in [-0.25, -0.2) is 0 Å². The van der Waals surface area contributed by atoms with Gasteiger partial charge in [-0.05, 0) is 39.0 Å². The Bertz CT molecular complexity index is 226. The molecular formula is C11H22F3N3O. The zero-order valence-corrected chi connectivity index (χ0v) is 10.6. The molecule has 1 rings (SSSR count). The molecule has 1 fully saturated rings. The van der Waals surface area contributed by atoms with E-state index in [4.69, 9.17) is 5.73 Å². The van der Waals surface area contributed by atoms with Gasteiger partial charge < -0.3 is 10.6 Å². The number of halogens is 3. The second-order valence-electron chi connectivity index (χ2n) is 4.47. The number of rotatable bonds is 6. The topological polar surface area (TPSA) is 41.7 Å². The van der Waals surface area contributed by atoms with E-state index in [1.165, 1.54) is 0 Å². The first kappa shape index (κ1) is 15.7. The highest BCUT2D eigenvalue weighted by atomic mass is 19.4. The van der Waals surface area contributed by atoms with Crippen LogP contribution in [0.4, 0.5) is 13.2 Å². The van der Waals surface area contributed by atoms with Gasteiger partial charge in [-0.1, -0.05) is 0 Å². The maximum atomic E-state index is 11.8. The average molecular weight is 269 g/mol. The number of nitrogens with two attached hydrogens (primary N) is 1. The lowest BCUT2D eigenvalue weighted by Crippen LogP contribution is -2.34. The Hall–Kier alpha value is -0.370. The minimum atomic E-state index is -4.51. The van der Waals surface area contributed by atoms with Crippen LogP contribution in [0.25, 0.3) is 0 Å². The van der Waals surface area contributed by atoms with Gasteiger partial charge in [0.2, 0.25) is 0 Å². The number of hydrogen-bond acceptors (Lipinski definition) is 4. The molecule has 0 atom stereocenters. The fourth-order valence-corrected chi connectivity index (χ4v) is 2.08. The molecule has 4 nitrogen and oxygen atoms in total. The molecule has 1 heterocycles. The number of hydrogen-bond donors (Lipinski definition) is 1. The Kier molecular flexibility index (Phi) is 6.91. The third-order valence-electron chi connectivity index (χ3n) is 3.03. The lowest BCUT2D eigenvalue weighted by molar-refractivity contribution is -0.325. The molecule has 2 N–H and O–H groups in total. The summed E-state index contributed by atoms with van der Waals surface area (Å²) in [4.78, 5) is 4.34. The molecule has 0 saturated carbocycles. The van der Waals surface area contributed by atoms with E-state index in [9.17, 15) is 13.2 Å². The van der Waals surface area contributed by atoms with E-state index < -0.39 is 6.36 Å². The maximum Gasteiger partial charge on any atom is 0.522 e. The normalized spacial score (nSPS) is 20.0. The molecule has 0 bridgehead atoms. The largest absolute Gasteiger partial charge is 0.522 e. The fourth-order valence-electron chi connectivity index (χ4n) is 2.08. The van der Waals surface area contributed by atoms with E-state index in [0.717, 1.165) is 45.6 Å². The zero-order chi connectivity index (χ0) is 13.4. The van der Waals surface area contributed by atoms with Crippen molar-refractivity contribution in [3.05, 3.63) is 0 Å². The summed E-state index contributed by atoms with van der Waals surface area (Å²) in [5.74, 6) is 0. The van der Waals surface area contributed by atoms with Crippen LogP contribution in [-0.2, 0) is 4.74 Å². The van der Waals surface area contributed by atoms with Crippen LogP contribution in [0, 0.1) is 0 Å². The Morgan fingerprint density at radius 1 is 1.00 bits per heavy atom. The van der Waals surface area contributed by atoms with Gasteiger partial charge in [-0.15, -0.1) is 13.2 Å². The van der Waals surface area contributed by atoms with Gasteiger partial charge in [0, 0.05) is 19.6 Å².